The zero-order chi connectivity index (χ0) is 16.0. The molecule has 0 unspecified atom stereocenters. The van der Waals surface area contributed by atoms with Crippen LogP contribution in [0.4, 0.5) is 0 Å². The van der Waals surface area contributed by atoms with E-state index in [0.717, 1.165) is 31.1 Å². The van der Waals surface area contributed by atoms with Crippen LogP contribution in [0.3, 0.4) is 0 Å². The summed E-state index contributed by atoms with van der Waals surface area (Å²) < 4.78 is 0. The number of carbonyl (C=O) groups is 1. The van der Waals surface area contributed by atoms with Crippen molar-refractivity contribution < 1.29 is 9.90 Å². The molecule has 2 heteroatoms. The van der Waals surface area contributed by atoms with Gasteiger partial charge >= 0.3 is 0 Å². The van der Waals surface area contributed by atoms with Crippen LogP contribution in [0.15, 0.2) is 22.8 Å². The van der Waals surface area contributed by atoms with E-state index in [1.807, 2.05) is 6.08 Å². The van der Waals surface area contributed by atoms with E-state index in [4.69, 9.17) is 0 Å². The number of hydrogen-bond donors (Lipinski definition) is 1. The molecule has 5 rings (SSSR count). The molecule has 5 aliphatic rings. The van der Waals surface area contributed by atoms with Gasteiger partial charge in [0.25, 0.3) is 0 Å². The first-order valence-electron chi connectivity index (χ1n) is 9.58. The Kier molecular flexibility index (Phi) is 2.76. The van der Waals surface area contributed by atoms with Crippen molar-refractivity contribution >= 4 is 5.78 Å². The second kappa shape index (κ2) is 4.39. The topological polar surface area (TPSA) is 37.3 Å². The van der Waals surface area contributed by atoms with Crippen LogP contribution >= 0.6 is 0 Å². The van der Waals surface area contributed by atoms with Crippen LogP contribution in [-0.2, 0) is 4.79 Å². The number of aliphatic hydroxyl groups is 1. The third-order valence-corrected chi connectivity index (χ3v) is 8.59. The number of rotatable bonds is 1. The van der Waals surface area contributed by atoms with E-state index in [-0.39, 0.29) is 0 Å². The quantitative estimate of drug-likeness (QED) is 0.793. The second-order valence-corrected chi connectivity index (χ2v) is 9.27. The summed E-state index contributed by atoms with van der Waals surface area (Å²) in [6, 6.07) is 0. The molecule has 0 bridgehead atoms. The first-order chi connectivity index (χ1) is 11.0. The Bertz CT molecular complexity index is 657. The van der Waals surface area contributed by atoms with E-state index in [0.29, 0.717) is 35.1 Å². The largest absolute Gasteiger partial charge is 0.396 e. The van der Waals surface area contributed by atoms with Crippen LogP contribution < -0.4 is 0 Å². The van der Waals surface area contributed by atoms with Gasteiger partial charge in [-0.2, -0.15) is 0 Å². The van der Waals surface area contributed by atoms with Crippen molar-refractivity contribution in [2.45, 2.75) is 58.8 Å². The van der Waals surface area contributed by atoms with Gasteiger partial charge in [-0.1, -0.05) is 19.4 Å². The minimum absolute atomic E-state index is 0.333. The SMILES string of the molecule is C[C@@H]1CC2=CC(=O)CCC2=C2CC[C@]3(C)[C@H](CO)C[C@@H]4C[C@]43[C@@H]21. The lowest BCUT2D eigenvalue weighted by Gasteiger charge is -2.54. The highest BCUT2D eigenvalue weighted by molar-refractivity contribution is 5.93. The number of ketones is 1. The molecule has 124 valence electrons. The van der Waals surface area contributed by atoms with Gasteiger partial charge in [-0.15, -0.1) is 0 Å². The minimum Gasteiger partial charge on any atom is -0.396 e. The Balaban J connectivity index is 1.64. The van der Waals surface area contributed by atoms with Crippen molar-refractivity contribution in [3.8, 4) is 0 Å². The smallest absolute Gasteiger partial charge is 0.156 e. The number of aliphatic hydroxyl groups excluding tert-OH is 1. The third kappa shape index (κ3) is 1.57. The van der Waals surface area contributed by atoms with E-state index in [2.05, 4.69) is 13.8 Å². The summed E-state index contributed by atoms with van der Waals surface area (Å²) >= 11 is 0. The number of allylic oxidation sites excluding steroid dienone is 4. The van der Waals surface area contributed by atoms with Crippen molar-refractivity contribution in [2.24, 2.45) is 34.5 Å². The summed E-state index contributed by atoms with van der Waals surface area (Å²) in [6.45, 7) is 5.29. The number of carbonyl (C=O) groups excluding carboxylic acids is 1. The molecule has 0 radical (unpaired) electrons. The van der Waals surface area contributed by atoms with Crippen molar-refractivity contribution in [2.75, 3.05) is 6.61 Å². The molecule has 6 atom stereocenters. The van der Waals surface area contributed by atoms with Crippen molar-refractivity contribution in [1.82, 2.24) is 0 Å². The highest BCUT2D eigenvalue weighted by Crippen LogP contribution is 2.83. The Morgan fingerprint density at radius 3 is 2.91 bits per heavy atom. The van der Waals surface area contributed by atoms with Gasteiger partial charge in [0.15, 0.2) is 5.78 Å². The highest BCUT2D eigenvalue weighted by atomic mass is 16.3. The zero-order valence-corrected chi connectivity index (χ0v) is 14.4. The lowest BCUT2D eigenvalue weighted by atomic mass is 9.50. The molecule has 3 fully saturated rings. The molecule has 5 aliphatic carbocycles. The molecule has 1 N–H and O–H groups in total. The molecule has 1 spiro atoms. The maximum atomic E-state index is 11.8. The van der Waals surface area contributed by atoms with Crippen LogP contribution in [-0.4, -0.2) is 17.5 Å². The van der Waals surface area contributed by atoms with Gasteiger partial charge in [0.2, 0.25) is 0 Å². The predicted octanol–water partition coefficient (Wildman–Crippen LogP) is 4.05. The summed E-state index contributed by atoms with van der Waals surface area (Å²) in [4.78, 5) is 11.8. The van der Waals surface area contributed by atoms with Gasteiger partial charge in [-0.05, 0) is 90.2 Å². The summed E-state index contributed by atoms with van der Waals surface area (Å²) in [5.74, 6) is 3.09. The monoisotopic (exact) mass is 312 g/mol. The lowest BCUT2D eigenvalue weighted by molar-refractivity contribution is -0.114. The maximum Gasteiger partial charge on any atom is 0.156 e. The molecule has 0 saturated heterocycles. The minimum atomic E-state index is 0.333. The van der Waals surface area contributed by atoms with Gasteiger partial charge in [0.1, 0.15) is 0 Å². The lowest BCUT2D eigenvalue weighted by Crippen LogP contribution is -2.47. The van der Waals surface area contributed by atoms with Gasteiger partial charge in [0.05, 0.1) is 0 Å². The van der Waals surface area contributed by atoms with Gasteiger partial charge in [0, 0.05) is 13.0 Å². The van der Waals surface area contributed by atoms with Crippen molar-refractivity contribution in [3.63, 3.8) is 0 Å². The fraction of sp³-hybridized carbons (Fsp3) is 0.762. The van der Waals surface area contributed by atoms with Crippen molar-refractivity contribution in [1.29, 1.82) is 0 Å². The Morgan fingerprint density at radius 2 is 2.13 bits per heavy atom. The summed E-state index contributed by atoms with van der Waals surface area (Å²) in [5.41, 5.74) is 5.49. The van der Waals surface area contributed by atoms with E-state index in [1.165, 1.54) is 31.3 Å². The first-order valence-corrected chi connectivity index (χ1v) is 9.58. The normalized spacial score (nSPS) is 50.7. The van der Waals surface area contributed by atoms with Crippen molar-refractivity contribution in [3.05, 3.63) is 22.8 Å². The van der Waals surface area contributed by atoms with E-state index >= 15 is 0 Å². The molecule has 3 saturated carbocycles. The van der Waals surface area contributed by atoms with E-state index in [9.17, 15) is 9.90 Å². The number of hydrogen-bond acceptors (Lipinski definition) is 2. The van der Waals surface area contributed by atoms with E-state index in [1.54, 1.807) is 11.1 Å². The fourth-order valence-corrected chi connectivity index (χ4v) is 7.60. The molecular weight excluding hydrogens is 284 g/mol. The van der Waals surface area contributed by atoms with Gasteiger partial charge in [-0.25, -0.2) is 0 Å². The zero-order valence-electron chi connectivity index (χ0n) is 14.4. The summed E-state index contributed by atoms with van der Waals surface area (Å²) in [6.07, 6.45) is 9.86. The van der Waals surface area contributed by atoms with Crippen LogP contribution in [0.5, 0.6) is 0 Å². The van der Waals surface area contributed by atoms with E-state index < -0.39 is 0 Å². The molecule has 23 heavy (non-hydrogen) atoms. The van der Waals surface area contributed by atoms with Crippen LogP contribution in [0, 0.1) is 34.5 Å². The molecule has 0 aromatic rings. The summed E-state index contributed by atoms with van der Waals surface area (Å²) in [5, 5.41) is 9.93. The first kappa shape index (κ1) is 14.5. The fourth-order valence-electron chi connectivity index (χ4n) is 7.60. The Morgan fingerprint density at radius 1 is 1.30 bits per heavy atom. The van der Waals surface area contributed by atoms with Crippen LogP contribution in [0.1, 0.15) is 58.8 Å². The molecule has 0 amide bonds. The Labute approximate surface area is 139 Å². The molecule has 2 nitrogen and oxygen atoms in total. The second-order valence-electron chi connectivity index (χ2n) is 9.27. The standard InChI is InChI=1S/C21H28O2/c1-12-7-13-8-16(23)3-4-17(13)18-5-6-20(2)15(11-22)9-14-10-21(14,20)19(12)18/h8,12,14-15,19,22H,3-7,9-11H2,1-2H3/t12-,14-,15+,19-,20-,21-/m1/s1. The van der Waals surface area contributed by atoms with Gasteiger partial charge < -0.3 is 5.11 Å². The van der Waals surface area contributed by atoms with Gasteiger partial charge in [-0.3, -0.25) is 4.79 Å². The van der Waals surface area contributed by atoms with Crippen LogP contribution in [0.2, 0.25) is 0 Å². The maximum absolute atomic E-state index is 11.8. The predicted molar refractivity (Wildman–Crippen MR) is 89.7 cm³/mol. The third-order valence-electron chi connectivity index (χ3n) is 8.59. The average Bonchev–Trinajstić information content (AvgIpc) is 3.17. The highest BCUT2D eigenvalue weighted by Gasteiger charge is 2.76. The molecule has 0 aromatic carbocycles. The molecule has 0 aromatic heterocycles. The molecular formula is C21H28O2. The summed E-state index contributed by atoms with van der Waals surface area (Å²) in [7, 11) is 0. The Hall–Kier alpha value is -0.890. The number of fused-ring (bicyclic) bond motifs is 2. The molecule has 0 aliphatic heterocycles. The molecule has 0 heterocycles. The van der Waals surface area contributed by atoms with Crippen LogP contribution in [0.25, 0.3) is 0 Å². The average molecular weight is 312 g/mol.